The highest BCUT2D eigenvalue weighted by atomic mass is 16.7. The molecule has 0 saturated heterocycles. The average molecular weight is 313 g/mol. The third-order valence-corrected chi connectivity index (χ3v) is 3.61. The number of benzene rings is 2. The number of hydrogen-bond donors (Lipinski definition) is 1. The molecule has 2 aromatic carbocycles. The molecule has 3 nitrogen and oxygen atoms in total. The molecule has 0 aliphatic rings. The highest BCUT2D eigenvalue weighted by molar-refractivity contribution is 5.17. The van der Waals surface area contributed by atoms with Crippen LogP contribution in [0.3, 0.4) is 0 Å². The van der Waals surface area contributed by atoms with Gasteiger partial charge in [-0.25, -0.2) is 0 Å². The SMILES string of the molecule is CCC[C@@H](ON[C@H](C)COCc1ccccc1)c1ccccc1. The van der Waals surface area contributed by atoms with Gasteiger partial charge >= 0.3 is 0 Å². The van der Waals surface area contributed by atoms with Crippen molar-refractivity contribution in [1.82, 2.24) is 5.48 Å². The molecule has 0 fully saturated rings. The van der Waals surface area contributed by atoms with Crippen LogP contribution in [0.1, 0.15) is 43.9 Å². The summed E-state index contributed by atoms with van der Waals surface area (Å²) in [7, 11) is 0. The van der Waals surface area contributed by atoms with E-state index in [0.717, 1.165) is 12.8 Å². The first-order valence-corrected chi connectivity index (χ1v) is 8.37. The summed E-state index contributed by atoms with van der Waals surface area (Å²) < 4.78 is 5.74. The van der Waals surface area contributed by atoms with Gasteiger partial charge in [-0.15, -0.1) is 0 Å². The molecule has 0 radical (unpaired) electrons. The van der Waals surface area contributed by atoms with Crippen molar-refractivity contribution in [3.63, 3.8) is 0 Å². The van der Waals surface area contributed by atoms with Crippen LogP contribution in [0.4, 0.5) is 0 Å². The van der Waals surface area contributed by atoms with Crippen LogP contribution in [0, 0.1) is 0 Å². The molecule has 2 aromatic rings. The zero-order chi connectivity index (χ0) is 16.3. The zero-order valence-electron chi connectivity index (χ0n) is 14.1. The quantitative estimate of drug-likeness (QED) is 0.647. The number of ether oxygens (including phenoxy) is 1. The molecule has 3 heteroatoms. The molecule has 0 aromatic heterocycles. The van der Waals surface area contributed by atoms with Gasteiger partial charge in [0.2, 0.25) is 0 Å². The first-order valence-electron chi connectivity index (χ1n) is 8.37. The van der Waals surface area contributed by atoms with E-state index >= 15 is 0 Å². The second kappa shape index (κ2) is 10.2. The molecule has 2 atom stereocenters. The molecule has 0 aliphatic heterocycles. The van der Waals surface area contributed by atoms with Crippen LogP contribution in [0.2, 0.25) is 0 Å². The predicted molar refractivity (Wildman–Crippen MR) is 93.9 cm³/mol. The summed E-state index contributed by atoms with van der Waals surface area (Å²) in [5, 5.41) is 0. The van der Waals surface area contributed by atoms with Crippen molar-refractivity contribution in [2.24, 2.45) is 0 Å². The van der Waals surface area contributed by atoms with Crippen LogP contribution < -0.4 is 5.48 Å². The molecular formula is C20H27NO2. The molecule has 0 aliphatic carbocycles. The van der Waals surface area contributed by atoms with E-state index in [-0.39, 0.29) is 12.1 Å². The van der Waals surface area contributed by atoms with Gasteiger partial charge in [0.1, 0.15) is 6.10 Å². The minimum Gasteiger partial charge on any atom is -0.375 e. The van der Waals surface area contributed by atoms with E-state index in [9.17, 15) is 0 Å². The van der Waals surface area contributed by atoms with Gasteiger partial charge in [0.25, 0.3) is 0 Å². The van der Waals surface area contributed by atoms with Gasteiger partial charge in [-0.3, -0.25) is 4.84 Å². The average Bonchev–Trinajstić information content (AvgIpc) is 2.60. The highest BCUT2D eigenvalue weighted by Gasteiger charge is 2.12. The van der Waals surface area contributed by atoms with Crippen molar-refractivity contribution < 1.29 is 9.57 Å². The van der Waals surface area contributed by atoms with Crippen molar-refractivity contribution in [2.75, 3.05) is 6.61 Å². The Hall–Kier alpha value is -1.68. The molecule has 124 valence electrons. The van der Waals surface area contributed by atoms with Crippen LogP contribution in [0.25, 0.3) is 0 Å². The van der Waals surface area contributed by atoms with Crippen molar-refractivity contribution in [3.8, 4) is 0 Å². The van der Waals surface area contributed by atoms with Crippen LogP contribution in [-0.2, 0) is 16.2 Å². The smallest absolute Gasteiger partial charge is 0.104 e. The van der Waals surface area contributed by atoms with Crippen molar-refractivity contribution in [2.45, 2.75) is 45.4 Å². The van der Waals surface area contributed by atoms with E-state index in [4.69, 9.17) is 9.57 Å². The van der Waals surface area contributed by atoms with Gasteiger partial charge in [-0.2, -0.15) is 5.48 Å². The maximum atomic E-state index is 5.90. The normalized spacial score (nSPS) is 13.7. The maximum absolute atomic E-state index is 5.90. The van der Waals surface area contributed by atoms with Gasteiger partial charge < -0.3 is 4.74 Å². The van der Waals surface area contributed by atoms with Gasteiger partial charge in [-0.05, 0) is 24.5 Å². The Bertz CT molecular complexity index is 530. The van der Waals surface area contributed by atoms with Crippen molar-refractivity contribution in [1.29, 1.82) is 0 Å². The Morgan fingerprint density at radius 3 is 2.26 bits per heavy atom. The number of rotatable bonds is 10. The van der Waals surface area contributed by atoms with Crippen LogP contribution in [0.15, 0.2) is 60.7 Å². The standard InChI is InChI=1S/C20H27NO2/c1-3-10-20(19-13-8-5-9-14-19)23-21-17(2)15-22-16-18-11-6-4-7-12-18/h4-9,11-14,17,20-21H,3,10,15-16H2,1-2H3/t17-,20-/m1/s1. The molecule has 0 unspecified atom stereocenters. The highest BCUT2D eigenvalue weighted by Crippen LogP contribution is 2.21. The van der Waals surface area contributed by atoms with Crippen LogP contribution in [-0.4, -0.2) is 12.6 Å². The Morgan fingerprint density at radius 2 is 1.61 bits per heavy atom. The Balaban J connectivity index is 1.72. The Labute approximate surface area is 139 Å². The van der Waals surface area contributed by atoms with Crippen LogP contribution >= 0.6 is 0 Å². The second-order valence-corrected chi connectivity index (χ2v) is 5.83. The first-order chi connectivity index (χ1) is 11.3. The number of hydroxylamine groups is 1. The Morgan fingerprint density at radius 1 is 0.957 bits per heavy atom. The van der Waals surface area contributed by atoms with E-state index in [1.807, 2.05) is 36.4 Å². The molecule has 23 heavy (non-hydrogen) atoms. The first kappa shape index (κ1) is 17.7. The fourth-order valence-corrected chi connectivity index (χ4v) is 2.38. The van der Waals surface area contributed by atoms with Gasteiger partial charge in [0.05, 0.1) is 19.3 Å². The van der Waals surface area contributed by atoms with E-state index in [0.29, 0.717) is 13.2 Å². The number of nitrogens with one attached hydrogen (secondary N) is 1. The fraction of sp³-hybridized carbons (Fsp3) is 0.400. The van der Waals surface area contributed by atoms with E-state index in [1.54, 1.807) is 0 Å². The summed E-state index contributed by atoms with van der Waals surface area (Å²) >= 11 is 0. The third kappa shape index (κ3) is 6.53. The third-order valence-electron chi connectivity index (χ3n) is 3.61. The molecule has 0 spiro atoms. The van der Waals surface area contributed by atoms with E-state index in [2.05, 4.69) is 43.6 Å². The summed E-state index contributed by atoms with van der Waals surface area (Å²) in [5.74, 6) is 0. The molecule has 0 bridgehead atoms. The minimum atomic E-state index is 0.0813. The lowest BCUT2D eigenvalue weighted by molar-refractivity contribution is -0.0624. The van der Waals surface area contributed by atoms with Gasteiger partial charge in [0, 0.05) is 0 Å². The summed E-state index contributed by atoms with van der Waals surface area (Å²) in [5.41, 5.74) is 5.52. The molecular weight excluding hydrogens is 286 g/mol. The molecule has 2 rings (SSSR count). The van der Waals surface area contributed by atoms with Crippen LogP contribution in [0.5, 0.6) is 0 Å². The monoisotopic (exact) mass is 313 g/mol. The van der Waals surface area contributed by atoms with E-state index in [1.165, 1.54) is 11.1 Å². The van der Waals surface area contributed by atoms with E-state index < -0.39 is 0 Å². The minimum absolute atomic E-state index is 0.0813. The zero-order valence-corrected chi connectivity index (χ0v) is 14.1. The lowest BCUT2D eigenvalue weighted by atomic mass is 10.1. The van der Waals surface area contributed by atoms with Gasteiger partial charge in [-0.1, -0.05) is 74.0 Å². The summed E-state index contributed by atoms with van der Waals surface area (Å²) in [6.07, 6.45) is 2.16. The Kier molecular flexibility index (Phi) is 7.81. The second-order valence-electron chi connectivity index (χ2n) is 5.83. The summed E-state index contributed by atoms with van der Waals surface area (Å²) in [6.45, 7) is 5.48. The maximum Gasteiger partial charge on any atom is 0.104 e. The molecule has 0 saturated carbocycles. The number of hydrogen-bond acceptors (Lipinski definition) is 3. The van der Waals surface area contributed by atoms with Gasteiger partial charge in [0.15, 0.2) is 0 Å². The lowest BCUT2D eigenvalue weighted by Crippen LogP contribution is -2.32. The molecule has 1 N–H and O–H groups in total. The lowest BCUT2D eigenvalue weighted by Gasteiger charge is -2.21. The predicted octanol–water partition coefficient (Wildman–Crippen LogP) is 4.65. The summed E-state index contributed by atoms with van der Waals surface area (Å²) in [4.78, 5) is 5.90. The fourth-order valence-electron chi connectivity index (χ4n) is 2.38. The largest absolute Gasteiger partial charge is 0.375 e. The van der Waals surface area contributed by atoms with Crippen molar-refractivity contribution in [3.05, 3.63) is 71.8 Å². The summed E-state index contributed by atoms with van der Waals surface area (Å²) in [6, 6.07) is 20.7. The molecule has 0 heterocycles. The topological polar surface area (TPSA) is 30.5 Å². The van der Waals surface area contributed by atoms with Crippen molar-refractivity contribution >= 4 is 0 Å². The molecule has 0 amide bonds.